The summed E-state index contributed by atoms with van der Waals surface area (Å²) >= 11 is 1.32. The van der Waals surface area contributed by atoms with Crippen LogP contribution in [0.5, 0.6) is 0 Å². The fourth-order valence-corrected chi connectivity index (χ4v) is 5.63. The molecule has 0 radical (unpaired) electrons. The van der Waals surface area contributed by atoms with Crippen LogP contribution in [0.3, 0.4) is 0 Å². The van der Waals surface area contributed by atoms with Crippen molar-refractivity contribution in [3.05, 3.63) is 49.9 Å². The number of nitro benzene ring substituents is 1. The number of hydrogen-bond acceptors (Lipinski definition) is 8. The van der Waals surface area contributed by atoms with Crippen LogP contribution in [0.15, 0.2) is 18.2 Å². The molecule has 2 heterocycles. The molecule has 10 nitrogen and oxygen atoms in total. The van der Waals surface area contributed by atoms with Crippen LogP contribution in [-0.4, -0.2) is 42.4 Å². The SMILES string of the molecule is NC(=O)c1c(NC(=O)COC(=O)c2cc([N+](=O)[O-])ccc2N2CCCC2)sc2c1CCCC2. The normalized spacial score (nSPS) is 15.1. The minimum absolute atomic E-state index is 0.0447. The highest BCUT2D eigenvalue weighted by Gasteiger charge is 2.26. The molecule has 0 unspecified atom stereocenters. The molecule has 4 rings (SSSR count). The molecule has 2 aliphatic rings. The largest absolute Gasteiger partial charge is 0.452 e. The topological polar surface area (TPSA) is 145 Å². The zero-order valence-electron chi connectivity index (χ0n) is 17.9. The number of anilines is 2. The summed E-state index contributed by atoms with van der Waals surface area (Å²) in [6.45, 7) is 0.872. The Morgan fingerprint density at radius 3 is 2.58 bits per heavy atom. The molecule has 2 amide bonds. The van der Waals surface area contributed by atoms with Crippen molar-refractivity contribution in [2.75, 3.05) is 29.9 Å². The smallest absolute Gasteiger partial charge is 0.341 e. The first-order chi connectivity index (χ1) is 15.8. The van der Waals surface area contributed by atoms with E-state index in [4.69, 9.17) is 10.5 Å². The molecular formula is C22H24N4O6S. The van der Waals surface area contributed by atoms with Crippen LogP contribution in [0, 0.1) is 10.1 Å². The summed E-state index contributed by atoms with van der Waals surface area (Å²) in [5.74, 6) is -2.04. The molecule has 0 spiro atoms. The van der Waals surface area contributed by atoms with Gasteiger partial charge < -0.3 is 20.7 Å². The summed E-state index contributed by atoms with van der Waals surface area (Å²) in [6, 6.07) is 4.06. The number of thiophene rings is 1. The Bertz CT molecular complexity index is 1120. The molecule has 11 heteroatoms. The number of nitrogens with zero attached hydrogens (tertiary/aromatic N) is 2. The van der Waals surface area contributed by atoms with Gasteiger partial charge in [0.15, 0.2) is 6.61 Å². The van der Waals surface area contributed by atoms with Crippen LogP contribution in [0.1, 0.15) is 56.8 Å². The van der Waals surface area contributed by atoms with E-state index in [2.05, 4.69) is 5.32 Å². The van der Waals surface area contributed by atoms with E-state index in [9.17, 15) is 24.5 Å². The number of aryl methyl sites for hydroxylation is 1. The first-order valence-electron chi connectivity index (χ1n) is 10.8. The quantitative estimate of drug-likeness (QED) is 0.358. The molecule has 3 N–H and O–H groups in total. The maximum absolute atomic E-state index is 12.8. The zero-order valence-corrected chi connectivity index (χ0v) is 18.7. The van der Waals surface area contributed by atoms with Crippen molar-refractivity contribution in [2.24, 2.45) is 5.73 Å². The lowest BCUT2D eigenvalue weighted by Gasteiger charge is -2.20. The monoisotopic (exact) mass is 472 g/mol. The summed E-state index contributed by atoms with van der Waals surface area (Å²) in [5.41, 5.74) is 7.11. The second-order valence-corrected chi connectivity index (χ2v) is 9.16. The van der Waals surface area contributed by atoms with Crippen LogP contribution in [0.4, 0.5) is 16.4 Å². The molecule has 1 fully saturated rings. The lowest BCUT2D eigenvalue weighted by atomic mass is 9.95. The number of nitro groups is 1. The number of benzene rings is 1. The number of nitrogens with one attached hydrogen (secondary N) is 1. The number of carbonyl (C=O) groups is 3. The van der Waals surface area contributed by atoms with Gasteiger partial charge in [-0.05, 0) is 50.2 Å². The highest BCUT2D eigenvalue weighted by Crippen LogP contribution is 2.38. The molecule has 1 aliphatic carbocycles. The first-order valence-corrected chi connectivity index (χ1v) is 11.6. The van der Waals surface area contributed by atoms with Gasteiger partial charge in [0.05, 0.1) is 21.7 Å². The van der Waals surface area contributed by atoms with Gasteiger partial charge in [-0.1, -0.05) is 0 Å². The van der Waals surface area contributed by atoms with Crippen molar-refractivity contribution in [1.82, 2.24) is 0 Å². The van der Waals surface area contributed by atoms with Gasteiger partial charge >= 0.3 is 5.97 Å². The number of nitrogens with two attached hydrogens (primary N) is 1. The number of esters is 1. The number of non-ortho nitro benzene ring substituents is 1. The van der Waals surface area contributed by atoms with Gasteiger partial charge in [0, 0.05) is 30.1 Å². The molecule has 1 aromatic carbocycles. The average molecular weight is 473 g/mol. The zero-order chi connectivity index (χ0) is 23.5. The maximum atomic E-state index is 12.8. The molecule has 1 aromatic heterocycles. The molecule has 2 aromatic rings. The van der Waals surface area contributed by atoms with Crippen LogP contribution in [-0.2, 0) is 22.4 Å². The third kappa shape index (κ3) is 4.82. The summed E-state index contributed by atoms with van der Waals surface area (Å²) in [7, 11) is 0. The van der Waals surface area contributed by atoms with Crippen molar-refractivity contribution < 1.29 is 24.0 Å². The van der Waals surface area contributed by atoms with Gasteiger partial charge in [0.25, 0.3) is 17.5 Å². The van der Waals surface area contributed by atoms with Crippen molar-refractivity contribution >= 4 is 45.5 Å². The summed E-state index contributed by atoms with van der Waals surface area (Å²) < 4.78 is 5.19. The van der Waals surface area contributed by atoms with E-state index >= 15 is 0 Å². The molecule has 1 saturated heterocycles. The standard InChI is InChI=1S/C22H24N4O6S/c23-20(28)19-14-5-1-2-6-17(14)33-21(19)24-18(27)12-32-22(29)15-11-13(26(30)31)7-8-16(15)25-9-3-4-10-25/h7-8,11H,1-6,9-10,12H2,(H2,23,28)(H,24,27). The van der Waals surface area contributed by atoms with Crippen LogP contribution >= 0.6 is 11.3 Å². The Labute approximate surface area is 193 Å². The van der Waals surface area contributed by atoms with Gasteiger partial charge in [-0.15, -0.1) is 11.3 Å². The first kappa shape index (κ1) is 22.7. The highest BCUT2D eigenvalue weighted by molar-refractivity contribution is 7.17. The number of fused-ring (bicyclic) bond motifs is 1. The third-order valence-electron chi connectivity index (χ3n) is 5.86. The van der Waals surface area contributed by atoms with Crippen LogP contribution in [0.25, 0.3) is 0 Å². The van der Waals surface area contributed by atoms with E-state index in [0.29, 0.717) is 16.3 Å². The second kappa shape index (κ2) is 9.57. The minimum atomic E-state index is -0.823. The molecule has 0 saturated carbocycles. The van der Waals surface area contributed by atoms with E-state index < -0.39 is 29.3 Å². The predicted molar refractivity (Wildman–Crippen MR) is 123 cm³/mol. The van der Waals surface area contributed by atoms with Crippen LogP contribution < -0.4 is 16.0 Å². The van der Waals surface area contributed by atoms with E-state index in [0.717, 1.165) is 62.1 Å². The molecule has 0 atom stereocenters. The Morgan fingerprint density at radius 1 is 1.15 bits per heavy atom. The molecule has 33 heavy (non-hydrogen) atoms. The summed E-state index contributed by atoms with van der Waals surface area (Å²) in [5, 5.41) is 14.2. The summed E-state index contributed by atoms with van der Waals surface area (Å²) in [4.78, 5) is 50.8. The molecule has 0 bridgehead atoms. The van der Waals surface area contributed by atoms with Gasteiger partial charge in [-0.2, -0.15) is 0 Å². The Hall–Kier alpha value is -3.47. The molecule has 174 valence electrons. The van der Waals surface area contributed by atoms with Crippen molar-refractivity contribution in [3.63, 3.8) is 0 Å². The number of carbonyl (C=O) groups excluding carboxylic acids is 3. The van der Waals surface area contributed by atoms with Gasteiger partial charge in [-0.3, -0.25) is 19.7 Å². The van der Waals surface area contributed by atoms with E-state index in [1.165, 1.54) is 29.5 Å². The fraction of sp³-hybridized carbons (Fsp3) is 0.409. The lowest BCUT2D eigenvalue weighted by Crippen LogP contribution is -2.25. The number of hydrogen-bond donors (Lipinski definition) is 2. The fourth-order valence-electron chi connectivity index (χ4n) is 4.32. The second-order valence-electron chi connectivity index (χ2n) is 8.06. The van der Waals surface area contributed by atoms with Crippen molar-refractivity contribution in [1.29, 1.82) is 0 Å². The van der Waals surface area contributed by atoms with Crippen LogP contribution in [0.2, 0.25) is 0 Å². The summed E-state index contributed by atoms with van der Waals surface area (Å²) in [6.07, 6.45) is 5.46. The lowest BCUT2D eigenvalue weighted by molar-refractivity contribution is -0.384. The predicted octanol–water partition coefficient (Wildman–Crippen LogP) is 3.03. The average Bonchev–Trinajstić information content (AvgIpc) is 3.44. The maximum Gasteiger partial charge on any atom is 0.341 e. The Balaban J connectivity index is 1.48. The number of primary amides is 1. The Morgan fingerprint density at radius 2 is 1.88 bits per heavy atom. The third-order valence-corrected chi connectivity index (χ3v) is 7.07. The van der Waals surface area contributed by atoms with E-state index in [1.54, 1.807) is 0 Å². The number of rotatable bonds is 7. The molecular weight excluding hydrogens is 448 g/mol. The highest BCUT2D eigenvalue weighted by atomic mass is 32.1. The minimum Gasteiger partial charge on any atom is -0.452 e. The number of amides is 2. The van der Waals surface area contributed by atoms with E-state index in [-0.39, 0.29) is 11.3 Å². The van der Waals surface area contributed by atoms with Crippen molar-refractivity contribution in [2.45, 2.75) is 38.5 Å². The molecule has 1 aliphatic heterocycles. The Kier molecular flexibility index (Phi) is 6.59. The van der Waals surface area contributed by atoms with Gasteiger partial charge in [0.1, 0.15) is 5.00 Å². The van der Waals surface area contributed by atoms with Crippen molar-refractivity contribution in [3.8, 4) is 0 Å². The van der Waals surface area contributed by atoms with Gasteiger partial charge in [-0.25, -0.2) is 4.79 Å². The van der Waals surface area contributed by atoms with Gasteiger partial charge in [0.2, 0.25) is 0 Å². The number of ether oxygens (including phenoxy) is 1. The van der Waals surface area contributed by atoms with E-state index in [1.807, 2.05) is 4.90 Å².